The summed E-state index contributed by atoms with van der Waals surface area (Å²) >= 11 is 0. The van der Waals surface area contributed by atoms with Crippen molar-refractivity contribution in [3.8, 4) is 0 Å². The second-order valence-electron chi connectivity index (χ2n) is 33.3. The van der Waals surface area contributed by atoms with Crippen molar-refractivity contribution in [2.75, 3.05) is 82.4 Å². The summed E-state index contributed by atoms with van der Waals surface area (Å²) in [6, 6.07) is -1.26. The molecule has 26 nitrogen and oxygen atoms in total. The zero-order valence-corrected chi connectivity index (χ0v) is 67.9. The van der Waals surface area contributed by atoms with Gasteiger partial charge in [-0.2, -0.15) is 0 Å². The van der Waals surface area contributed by atoms with E-state index >= 15 is 0 Å². The van der Waals surface area contributed by atoms with E-state index in [0.717, 1.165) is 23.4 Å². The molecule has 0 aromatic carbocycles. The third-order valence-corrected chi connectivity index (χ3v) is 24.8. The molecule has 3 saturated heterocycles. The molecule has 4 fully saturated rings. The van der Waals surface area contributed by atoms with Gasteiger partial charge in [0.05, 0.1) is 55.7 Å². The molecule has 1 amide bonds. The van der Waals surface area contributed by atoms with Gasteiger partial charge in [0.15, 0.2) is 11.6 Å². The number of ether oxygens (including phenoxy) is 10. The summed E-state index contributed by atoms with van der Waals surface area (Å²) in [5, 5.41) is 23.9. The predicted octanol–water partition coefficient (Wildman–Crippen LogP) is 8.24. The molecule has 4 heterocycles. The van der Waals surface area contributed by atoms with E-state index in [0.29, 0.717) is 75.5 Å². The van der Waals surface area contributed by atoms with Gasteiger partial charge in [0.1, 0.15) is 42.7 Å². The summed E-state index contributed by atoms with van der Waals surface area (Å²) in [4.78, 5) is 162. The normalized spacial score (nSPS) is 35.8. The van der Waals surface area contributed by atoms with Gasteiger partial charge >= 0.3 is 29.8 Å². The van der Waals surface area contributed by atoms with Gasteiger partial charge in [0, 0.05) is 108 Å². The highest BCUT2D eigenvalue weighted by atomic mass is 16.6. The van der Waals surface area contributed by atoms with Gasteiger partial charge in [-0.25, -0.2) is 4.79 Å². The first-order chi connectivity index (χ1) is 52.0. The van der Waals surface area contributed by atoms with E-state index in [-0.39, 0.29) is 93.4 Å². The molecule has 8 rings (SSSR count). The lowest BCUT2D eigenvalue weighted by molar-refractivity contribution is -0.265. The minimum absolute atomic E-state index is 0.00213. The van der Waals surface area contributed by atoms with E-state index in [1.54, 1.807) is 60.8 Å². The zero-order valence-electron chi connectivity index (χ0n) is 67.9. The van der Waals surface area contributed by atoms with E-state index < -0.39 is 178 Å². The number of rotatable bonds is 20. The summed E-state index contributed by atoms with van der Waals surface area (Å²) in [5.41, 5.74) is -0.619. The van der Waals surface area contributed by atoms with Crippen molar-refractivity contribution in [3.63, 3.8) is 0 Å². The maximum Gasteiger partial charge on any atom is 0.329 e. The predicted molar refractivity (Wildman–Crippen MR) is 404 cm³/mol. The summed E-state index contributed by atoms with van der Waals surface area (Å²) in [6.07, 6.45) is 7.59. The van der Waals surface area contributed by atoms with Gasteiger partial charge in [-0.15, -0.1) is 0 Å². The van der Waals surface area contributed by atoms with Gasteiger partial charge in [-0.1, -0.05) is 91.0 Å². The minimum atomic E-state index is -2.52. The summed E-state index contributed by atoms with van der Waals surface area (Å²) in [7, 11) is 11.6. The minimum Gasteiger partial charge on any atom is -0.461 e. The van der Waals surface area contributed by atoms with Crippen molar-refractivity contribution in [1.29, 1.82) is 0 Å². The number of aliphatic hydroxyl groups is 2. The molecular weight excluding hydrogens is 1420 g/mol. The van der Waals surface area contributed by atoms with Crippen LogP contribution in [-0.2, 0) is 100 Å². The number of amides is 1. The Bertz CT molecular complexity index is 3570. The first kappa shape index (κ1) is 88.8. The molecule has 22 atom stereocenters. The molecule has 0 spiro atoms. The van der Waals surface area contributed by atoms with Crippen LogP contribution in [0.5, 0.6) is 0 Å². The van der Waals surface area contributed by atoms with Gasteiger partial charge in [0.25, 0.3) is 11.7 Å². The fourth-order valence-corrected chi connectivity index (χ4v) is 18.3. The van der Waals surface area contributed by atoms with E-state index in [1.807, 2.05) is 82.1 Å². The second kappa shape index (κ2) is 38.9. The molecule has 4 aliphatic carbocycles. The molecule has 0 radical (unpaired) electrons. The van der Waals surface area contributed by atoms with Crippen LogP contribution in [0, 0.1) is 58.2 Å². The Labute approximate surface area is 649 Å². The quantitative estimate of drug-likeness (QED) is 0.0658. The molecule has 110 heavy (non-hydrogen) atoms. The molecule has 2 N–H and O–H groups in total. The summed E-state index contributed by atoms with van der Waals surface area (Å²) < 4.78 is 60.2. The number of esters is 5. The molecular formula is C84H123N3O23. The van der Waals surface area contributed by atoms with Crippen LogP contribution in [0.25, 0.3) is 0 Å². The van der Waals surface area contributed by atoms with Crippen molar-refractivity contribution in [3.05, 3.63) is 70.4 Å². The Morgan fingerprint density at radius 1 is 0.782 bits per heavy atom. The van der Waals surface area contributed by atoms with Crippen molar-refractivity contribution in [2.45, 2.75) is 251 Å². The molecule has 4 aliphatic heterocycles. The number of piperidine rings is 1. The number of methoxy groups -OCH3 is 4. The number of aliphatic hydroxyl groups excluding tert-OH is 1. The number of allylic oxidation sites excluding steroid dienone is 7. The standard InChI is InChI=1S/C84H123N3O23/c1-47-24-19-18-20-25-48(2)62(102-15)42-56-29-27-53(7)84(100,110-56)78(96)79(97)87-37-22-21-26-59(87)81(99)107-63(43-60(89)49(3)39-52(6)74(93)77(104-17)73(92)51(5)38-47)50(4)40-55-28-31-61(64(41-55)103-16)106-68(90)33-34-69(91)108-66-32-30-58-70-72(65(105-54(8)88)44-82(58,66)9)83(10)67(46-101-14)109-80(98)57(71(83)76(95)75(70)94)45-86(13)36-23-35-85(11)12/h18-20,24-25,30,39,47,50-53,55-57,59,61-67,71,74,77,93,100H,21-23,26-29,31-38,40-46H2,1-17H3/t47-,50-,51-,52?,53-,55+,56+,57?,59+,61-,62+,63+,64-,65-,66+,67-,71?,74-,77+,82+,83+,84-/m1/s1. The van der Waals surface area contributed by atoms with Crippen LogP contribution in [0.15, 0.2) is 70.4 Å². The Kier molecular flexibility index (Phi) is 31.4. The monoisotopic (exact) mass is 1540 g/mol. The Balaban J connectivity index is 0.956. The maximum atomic E-state index is 14.9. The zero-order chi connectivity index (χ0) is 81.0. The SMILES string of the molecule is COC[C@H]1OC(=O)C(CN(C)CCCN(C)C)C2C(=O)C(=O)C3=C([C@H](OC(C)=O)C[C@@]4(C)C3=CC[C@@H]4OC(=O)CCC(=O)O[C@@H]3CC[C@@H](C[C@@H](C)[C@@H]4CC(=O)C(C)=CC(C)[C@@H](O)[C@@H](OC)C(=O)[C@H](C)C[C@H](C)C=CC=CC=C(C)[C@@H](OC)C[C@@H]5CC[C@@H](C)[C@@](O)(O5)C(=O)C(=O)N5CCCC[C@H]5C(=O)O4)C[C@H]3OC)[C@]21C. The first-order valence-electron chi connectivity index (χ1n) is 39.6. The number of carbonyl (C=O) groups excluding carboxylic acids is 11. The molecule has 1 saturated carbocycles. The first-order valence-corrected chi connectivity index (χ1v) is 39.6. The van der Waals surface area contributed by atoms with Crippen LogP contribution in [0.1, 0.15) is 178 Å². The highest BCUT2D eigenvalue weighted by Gasteiger charge is 2.68. The number of Topliss-reactive ketones (excluding diaryl/α,β-unsaturated/α-hetero) is 5. The lowest BCUT2D eigenvalue weighted by atomic mass is 9.50. The molecule has 0 aromatic rings. The van der Waals surface area contributed by atoms with Crippen molar-refractivity contribution in [2.24, 2.45) is 58.2 Å². The van der Waals surface area contributed by atoms with E-state index in [2.05, 4.69) is 0 Å². The third-order valence-electron chi connectivity index (χ3n) is 24.8. The largest absolute Gasteiger partial charge is 0.461 e. The molecule has 0 aromatic heterocycles. The number of cyclic esters (lactones) is 2. The van der Waals surface area contributed by atoms with Crippen molar-refractivity contribution >= 4 is 64.7 Å². The maximum absolute atomic E-state index is 14.9. The van der Waals surface area contributed by atoms with Crippen LogP contribution in [0.4, 0.5) is 0 Å². The van der Waals surface area contributed by atoms with Crippen LogP contribution in [-0.4, -0.2) is 245 Å². The van der Waals surface area contributed by atoms with Gasteiger partial charge in [-0.3, -0.25) is 47.9 Å². The van der Waals surface area contributed by atoms with Crippen molar-refractivity contribution in [1.82, 2.24) is 14.7 Å². The molecule has 26 heteroatoms. The number of hydrogen-bond acceptors (Lipinski definition) is 25. The fourth-order valence-electron chi connectivity index (χ4n) is 18.3. The molecule has 8 aliphatic rings. The lowest BCUT2D eigenvalue weighted by Gasteiger charge is -2.56. The summed E-state index contributed by atoms with van der Waals surface area (Å²) in [5.74, 6) is -15.7. The average molecular weight is 1540 g/mol. The highest BCUT2D eigenvalue weighted by molar-refractivity contribution is 6.47. The van der Waals surface area contributed by atoms with Crippen LogP contribution in [0.2, 0.25) is 0 Å². The van der Waals surface area contributed by atoms with Crippen LogP contribution in [0.3, 0.4) is 0 Å². The number of ketones is 5. The van der Waals surface area contributed by atoms with E-state index in [1.165, 1.54) is 28.3 Å². The van der Waals surface area contributed by atoms with Gasteiger partial charge < -0.3 is 72.3 Å². The topological polar surface area (TPSA) is 330 Å². The summed E-state index contributed by atoms with van der Waals surface area (Å²) in [6.45, 7) is 18.6. The van der Waals surface area contributed by atoms with E-state index in [4.69, 9.17) is 47.4 Å². The molecule has 612 valence electrons. The fraction of sp³-hybridized carbons (Fsp3) is 0.726. The Morgan fingerprint density at radius 3 is 2.15 bits per heavy atom. The number of fused-ring (bicyclic) bond motifs is 7. The Morgan fingerprint density at radius 2 is 1.49 bits per heavy atom. The van der Waals surface area contributed by atoms with Gasteiger partial charge in [-0.05, 0) is 159 Å². The average Bonchev–Trinajstić information content (AvgIpc) is 1.08. The molecule has 3 unspecified atom stereocenters. The third kappa shape index (κ3) is 20.4. The van der Waals surface area contributed by atoms with Crippen molar-refractivity contribution < 1.29 is 110 Å². The number of carbonyl (C=O) groups is 11. The number of hydrogen-bond donors (Lipinski definition) is 2. The highest BCUT2D eigenvalue weighted by Crippen LogP contribution is 2.62. The smallest absolute Gasteiger partial charge is 0.329 e. The van der Waals surface area contributed by atoms with Crippen LogP contribution < -0.4 is 0 Å². The van der Waals surface area contributed by atoms with Crippen LogP contribution >= 0.6 is 0 Å². The van der Waals surface area contributed by atoms with Gasteiger partial charge in [0.2, 0.25) is 17.4 Å². The second-order valence-corrected chi connectivity index (χ2v) is 33.3. The molecule has 2 bridgehead atoms. The number of nitrogens with zero attached hydrogens (tertiary/aromatic N) is 3. The lowest BCUT2D eigenvalue weighted by Crippen LogP contribution is -2.65. The van der Waals surface area contributed by atoms with E-state index in [9.17, 15) is 63.0 Å². The Hall–Kier alpha value is -6.75.